The molecule has 0 unspecified atom stereocenters. The van der Waals surface area contributed by atoms with Gasteiger partial charge in [0.25, 0.3) is 5.69 Å². The van der Waals surface area contributed by atoms with Crippen molar-refractivity contribution in [2.24, 2.45) is 0 Å². The minimum atomic E-state index is -0.555. The van der Waals surface area contributed by atoms with Gasteiger partial charge in [-0.2, -0.15) is 0 Å². The Balaban J connectivity index is 2.33. The molecular weight excluding hydrogens is 273 g/mol. The molecule has 2 aromatic carbocycles. The van der Waals surface area contributed by atoms with Gasteiger partial charge in [-0.25, -0.2) is 4.39 Å². The average molecular weight is 282 g/mol. The number of halogens is 2. The van der Waals surface area contributed by atoms with E-state index in [-0.39, 0.29) is 17.1 Å². The van der Waals surface area contributed by atoms with Gasteiger partial charge in [0.05, 0.1) is 22.0 Å². The zero-order chi connectivity index (χ0) is 14.0. The number of rotatable bonds is 3. The van der Waals surface area contributed by atoms with Crippen LogP contribution in [0.1, 0.15) is 0 Å². The molecule has 0 bridgehead atoms. The number of nitrogens with one attached hydrogen (secondary N) is 1. The van der Waals surface area contributed by atoms with Crippen LogP contribution in [-0.2, 0) is 0 Å². The number of nitro benzene ring substituents is 1. The summed E-state index contributed by atoms with van der Waals surface area (Å²) in [7, 11) is 0. The van der Waals surface area contributed by atoms with Crippen LogP contribution < -0.4 is 11.1 Å². The lowest BCUT2D eigenvalue weighted by atomic mass is 10.2. The SMILES string of the molecule is Nc1cc([N+](=O)[O-])ccc1Nc1cc(Cl)ccc1F. The van der Waals surface area contributed by atoms with Crippen molar-refractivity contribution in [2.75, 3.05) is 11.1 Å². The summed E-state index contributed by atoms with van der Waals surface area (Å²) in [5, 5.41) is 13.7. The highest BCUT2D eigenvalue weighted by molar-refractivity contribution is 6.30. The third-order valence-corrected chi connectivity index (χ3v) is 2.68. The normalized spacial score (nSPS) is 10.2. The molecule has 5 nitrogen and oxygen atoms in total. The molecule has 0 fully saturated rings. The zero-order valence-corrected chi connectivity index (χ0v) is 10.3. The molecule has 0 atom stereocenters. The lowest BCUT2D eigenvalue weighted by Gasteiger charge is -2.10. The third-order valence-electron chi connectivity index (χ3n) is 2.44. The van der Waals surface area contributed by atoms with E-state index in [0.717, 1.165) is 0 Å². The van der Waals surface area contributed by atoms with Gasteiger partial charge in [0.15, 0.2) is 0 Å². The molecule has 0 radical (unpaired) electrons. The molecule has 0 aliphatic carbocycles. The van der Waals surface area contributed by atoms with Crippen molar-refractivity contribution in [1.29, 1.82) is 0 Å². The van der Waals surface area contributed by atoms with Crippen LogP contribution in [-0.4, -0.2) is 4.92 Å². The van der Waals surface area contributed by atoms with Crippen molar-refractivity contribution in [2.45, 2.75) is 0 Å². The Kier molecular flexibility index (Phi) is 3.52. The van der Waals surface area contributed by atoms with Gasteiger partial charge in [-0.3, -0.25) is 10.1 Å². The van der Waals surface area contributed by atoms with Crippen molar-refractivity contribution in [3.8, 4) is 0 Å². The van der Waals surface area contributed by atoms with Crippen molar-refractivity contribution in [1.82, 2.24) is 0 Å². The second-order valence-corrected chi connectivity index (χ2v) is 4.21. The molecule has 0 aliphatic heterocycles. The van der Waals surface area contributed by atoms with Gasteiger partial charge in [0.1, 0.15) is 5.82 Å². The third kappa shape index (κ3) is 2.92. The van der Waals surface area contributed by atoms with Crippen LogP contribution in [0.15, 0.2) is 36.4 Å². The monoisotopic (exact) mass is 281 g/mol. The molecule has 0 saturated carbocycles. The molecule has 3 N–H and O–H groups in total. The van der Waals surface area contributed by atoms with Crippen LogP contribution in [0.5, 0.6) is 0 Å². The number of nitrogens with two attached hydrogens (primary N) is 1. The molecule has 7 heteroatoms. The lowest BCUT2D eigenvalue weighted by molar-refractivity contribution is -0.384. The average Bonchev–Trinajstić information content (AvgIpc) is 2.36. The van der Waals surface area contributed by atoms with E-state index in [4.69, 9.17) is 17.3 Å². The summed E-state index contributed by atoms with van der Waals surface area (Å²) in [5.74, 6) is -0.498. The summed E-state index contributed by atoms with van der Waals surface area (Å²) in [6.45, 7) is 0. The smallest absolute Gasteiger partial charge is 0.271 e. The fourth-order valence-corrected chi connectivity index (χ4v) is 1.69. The van der Waals surface area contributed by atoms with Crippen LogP contribution in [0.3, 0.4) is 0 Å². The largest absolute Gasteiger partial charge is 0.397 e. The van der Waals surface area contributed by atoms with E-state index in [0.29, 0.717) is 10.7 Å². The molecule has 0 heterocycles. The first-order chi connectivity index (χ1) is 8.97. The Morgan fingerprint density at radius 1 is 1.21 bits per heavy atom. The van der Waals surface area contributed by atoms with E-state index in [9.17, 15) is 14.5 Å². The van der Waals surface area contributed by atoms with Crippen molar-refractivity contribution in [3.05, 3.63) is 57.4 Å². The highest BCUT2D eigenvalue weighted by Crippen LogP contribution is 2.29. The number of nitro groups is 1. The number of nitrogen functional groups attached to an aromatic ring is 1. The summed E-state index contributed by atoms with van der Waals surface area (Å²) < 4.78 is 13.5. The Bertz CT molecular complexity index is 649. The molecule has 2 rings (SSSR count). The Labute approximate surface area is 113 Å². The number of benzene rings is 2. The molecule has 0 aliphatic rings. The predicted molar refractivity (Wildman–Crippen MR) is 72.2 cm³/mol. The maximum Gasteiger partial charge on any atom is 0.271 e. The Hall–Kier alpha value is -2.34. The summed E-state index contributed by atoms with van der Waals surface area (Å²) >= 11 is 5.76. The maximum atomic E-state index is 13.5. The fraction of sp³-hybridized carbons (Fsp3) is 0. The first-order valence-electron chi connectivity index (χ1n) is 5.23. The van der Waals surface area contributed by atoms with E-state index >= 15 is 0 Å². The van der Waals surface area contributed by atoms with Gasteiger partial charge in [0.2, 0.25) is 0 Å². The quantitative estimate of drug-likeness (QED) is 0.510. The first-order valence-corrected chi connectivity index (χ1v) is 5.61. The van der Waals surface area contributed by atoms with Crippen LogP contribution >= 0.6 is 11.6 Å². The van der Waals surface area contributed by atoms with Crippen LogP contribution in [0.25, 0.3) is 0 Å². The van der Waals surface area contributed by atoms with Gasteiger partial charge >= 0.3 is 0 Å². The van der Waals surface area contributed by atoms with Gasteiger partial charge < -0.3 is 11.1 Å². The van der Waals surface area contributed by atoms with Crippen LogP contribution in [0, 0.1) is 15.9 Å². The topological polar surface area (TPSA) is 81.2 Å². The number of nitrogens with zero attached hydrogens (tertiary/aromatic N) is 1. The number of non-ortho nitro benzene ring substituents is 1. The summed E-state index contributed by atoms with van der Waals surface area (Å²) in [6.07, 6.45) is 0. The van der Waals surface area contributed by atoms with E-state index in [2.05, 4.69) is 5.32 Å². The second kappa shape index (κ2) is 5.11. The summed E-state index contributed by atoms with van der Waals surface area (Å²) in [4.78, 5) is 10.0. The van der Waals surface area contributed by atoms with Gasteiger partial charge in [-0.05, 0) is 24.3 Å². The number of anilines is 3. The lowest BCUT2D eigenvalue weighted by Crippen LogP contribution is -1.99. The van der Waals surface area contributed by atoms with Crippen LogP contribution in [0.2, 0.25) is 5.02 Å². The minimum absolute atomic E-state index is 0.130. The van der Waals surface area contributed by atoms with Gasteiger partial charge in [-0.1, -0.05) is 11.6 Å². The van der Waals surface area contributed by atoms with E-state index in [1.807, 2.05) is 0 Å². The van der Waals surface area contributed by atoms with Crippen molar-refractivity contribution < 1.29 is 9.31 Å². The molecule has 2 aromatic rings. The van der Waals surface area contributed by atoms with Crippen molar-refractivity contribution in [3.63, 3.8) is 0 Å². The van der Waals surface area contributed by atoms with E-state index < -0.39 is 10.7 Å². The summed E-state index contributed by atoms with van der Waals surface area (Å²) in [5.41, 5.74) is 6.20. The molecule has 98 valence electrons. The molecule has 0 spiro atoms. The highest BCUT2D eigenvalue weighted by Gasteiger charge is 2.10. The predicted octanol–water partition coefficient (Wildman–Crippen LogP) is 3.71. The molecular formula is C12H9ClFN3O2. The van der Waals surface area contributed by atoms with E-state index in [1.54, 1.807) is 0 Å². The van der Waals surface area contributed by atoms with Gasteiger partial charge in [0, 0.05) is 17.2 Å². The number of hydrogen-bond donors (Lipinski definition) is 2. The van der Waals surface area contributed by atoms with Crippen molar-refractivity contribution >= 4 is 34.4 Å². The highest BCUT2D eigenvalue weighted by atomic mass is 35.5. The molecule has 19 heavy (non-hydrogen) atoms. The second-order valence-electron chi connectivity index (χ2n) is 3.78. The standard InChI is InChI=1S/C12H9ClFN3O2/c13-7-1-3-9(14)12(5-7)16-11-4-2-8(17(18)19)6-10(11)15/h1-6,16H,15H2. The minimum Gasteiger partial charge on any atom is -0.397 e. The zero-order valence-electron chi connectivity index (χ0n) is 9.56. The Morgan fingerprint density at radius 3 is 2.58 bits per heavy atom. The Morgan fingerprint density at radius 2 is 1.95 bits per heavy atom. The first kappa shape index (κ1) is 13.1. The maximum absolute atomic E-state index is 13.5. The number of hydrogen-bond acceptors (Lipinski definition) is 4. The fourth-order valence-electron chi connectivity index (χ4n) is 1.52. The molecule has 0 aromatic heterocycles. The van der Waals surface area contributed by atoms with Crippen LogP contribution in [0.4, 0.5) is 27.1 Å². The summed E-state index contributed by atoms with van der Waals surface area (Å²) in [6, 6.07) is 7.92. The van der Waals surface area contributed by atoms with E-state index in [1.165, 1.54) is 36.4 Å². The molecule has 0 amide bonds. The molecule has 0 saturated heterocycles. The van der Waals surface area contributed by atoms with Gasteiger partial charge in [-0.15, -0.1) is 0 Å².